The van der Waals surface area contributed by atoms with Crippen LogP contribution >= 0.6 is 23.2 Å². The van der Waals surface area contributed by atoms with Crippen LogP contribution in [-0.2, 0) is 17.6 Å². The van der Waals surface area contributed by atoms with Crippen molar-refractivity contribution in [2.24, 2.45) is 0 Å². The molecule has 10 heteroatoms. The number of nitrogens with two attached hydrogens (primary N) is 1. The van der Waals surface area contributed by atoms with Gasteiger partial charge in [-0.2, -0.15) is 4.98 Å². The molecule has 2 heterocycles. The van der Waals surface area contributed by atoms with Crippen LogP contribution < -0.4 is 15.8 Å². The fourth-order valence-electron chi connectivity index (χ4n) is 2.63. The number of aromatic nitrogens is 3. The van der Waals surface area contributed by atoms with Crippen LogP contribution in [0.5, 0.6) is 5.75 Å². The maximum atomic E-state index is 10.9. The Morgan fingerprint density at radius 1 is 1.17 bits per heavy atom. The van der Waals surface area contributed by atoms with Crippen molar-refractivity contribution in [1.29, 1.82) is 0 Å². The molecule has 0 aliphatic carbocycles. The lowest BCUT2D eigenvalue weighted by molar-refractivity contribution is -0.139. The smallest absolute Gasteiger partial charge is 0.341 e. The number of nitrogens with one attached hydrogen (secondary N) is 1. The summed E-state index contributed by atoms with van der Waals surface area (Å²) in [5, 5.41) is 12.4. The predicted molar refractivity (Wildman–Crippen MR) is 111 cm³/mol. The van der Waals surface area contributed by atoms with Gasteiger partial charge in [-0.3, -0.25) is 4.98 Å². The van der Waals surface area contributed by atoms with E-state index in [-0.39, 0.29) is 5.28 Å². The molecule has 2 aromatic heterocycles. The lowest BCUT2D eigenvalue weighted by atomic mass is 10.0. The molecule has 0 atom stereocenters. The minimum Gasteiger partial charge on any atom is -0.482 e. The highest BCUT2D eigenvalue weighted by Crippen LogP contribution is 2.29. The molecule has 0 saturated carbocycles. The zero-order valence-corrected chi connectivity index (χ0v) is 16.6. The number of rotatable bonds is 8. The molecule has 0 saturated heterocycles. The molecule has 0 aliphatic heterocycles. The Kier molecular flexibility index (Phi) is 6.69. The van der Waals surface area contributed by atoms with E-state index in [0.29, 0.717) is 40.8 Å². The number of halogens is 2. The first-order valence-corrected chi connectivity index (χ1v) is 9.28. The summed E-state index contributed by atoms with van der Waals surface area (Å²) in [6.45, 7) is -0.438. The van der Waals surface area contributed by atoms with Gasteiger partial charge in [-0.1, -0.05) is 11.6 Å². The second kappa shape index (κ2) is 9.40. The summed E-state index contributed by atoms with van der Waals surface area (Å²) in [4.78, 5) is 22.8. The minimum absolute atomic E-state index is 0.0627. The number of ether oxygens (including phenoxy) is 1. The molecule has 4 N–H and O–H groups in total. The van der Waals surface area contributed by atoms with Gasteiger partial charge in [-0.25, -0.2) is 9.78 Å². The van der Waals surface area contributed by atoms with Gasteiger partial charge in [-0.05, 0) is 59.8 Å². The molecule has 0 fully saturated rings. The van der Waals surface area contributed by atoms with Crippen molar-refractivity contribution in [1.82, 2.24) is 15.0 Å². The van der Waals surface area contributed by atoms with E-state index in [9.17, 15) is 4.79 Å². The standard InChI is InChI=1S/C19H17Cl2N5O3/c20-15-9-24-19(21)26-18(15)25-14-3-4-16(29-10-17(27)28)12(6-14)2-1-11-5-13(22)8-23-7-11/h3-9H,1-2,10,22H2,(H,27,28)(H,24,25,26). The Morgan fingerprint density at radius 3 is 2.76 bits per heavy atom. The first kappa shape index (κ1) is 20.6. The number of aryl methyl sites for hydroxylation is 2. The predicted octanol–water partition coefficient (Wildman–Crippen LogP) is 3.75. The Balaban J connectivity index is 1.84. The Hall–Kier alpha value is -3.10. The lowest BCUT2D eigenvalue weighted by Crippen LogP contribution is -2.11. The van der Waals surface area contributed by atoms with Gasteiger partial charge in [-0.15, -0.1) is 0 Å². The minimum atomic E-state index is -1.06. The summed E-state index contributed by atoms with van der Waals surface area (Å²) in [6.07, 6.45) is 5.93. The van der Waals surface area contributed by atoms with Crippen molar-refractivity contribution in [2.75, 3.05) is 17.7 Å². The summed E-state index contributed by atoms with van der Waals surface area (Å²) < 4.78 is 5.42. The molecule has 0 unspecified atom stereocenters. The molecular weight excluding hydrogens is 417 g/mol. The van der Waals surface area contributed by atoms with E-state index in [1.165, 1.54) is 6.20 Å². The van der Waals surface area contributed by atoms with Gasteiger partial charge in [0.05, 0.1) is 11.9 Å². The van der Waals surface area contributed by atoms with Crippen LogP contribution in [0.4, 0.5) is 17.2 Å². The first-order chi connectivity index (χ1) is 13.9. The summed E-state index contributed by atoms with van der Waals surface area (Å²) in [5.41, 5.74) is 8.80. The molecular formula is C19H17Cl2N5O3. The fourth-order valence-corrected chi connectivity index (χ4v) is 2.90. The molecule has 0 amide bonds. The van der Waals surface area contributed by atoms with Gasteiger partial charge in [0.2, 0.25) is 5.28 Å². The quantitative estimate of drug-likeness (QED) is 0.458. The molecule has 0 aliphatic rings. The zero-order valence-electron chi connectivity index (χ0n) is 15.1. The number of nitrogens with zero attached hydrogens (tertiary/aromatic N) is 3. The molecule has 3 aromatic rings. The van der Waals surface area contributed by atoms with Crippen LogP contribution in [0.2, 0.25) is 10.3 Å². The lowest BCUT2D eigenvalue weighted by Gasteiger charge is -2.14. The SMILES string of the molecule is Nc1cncc(CCc2cc(Nc3nc(Cl)ncc3Cl)ccc2OCC(=O)O)c1. The second-order valence-corrected chi connectivity index (χ2v) is 6.84. The van der Waals surface area contributed by atoms with Gasteiger partial charge in [0, 0.05) is 18.1 Å². The summed E-state index contributed by atoms with van der Waals surface area (Å²) in [6, 6.07) is 7.10. The average Bonchev–Trinajstić information content (AvgIpc) is 2.68. The normalized spacial score (nSPS) is 10.6. The summed E-state index contributed by atoms with van der Waals surface area (Å²) in [5.74, 6) is -0.223. The highest BCUT2D eigenvalue weighted by Gasteiger charge is 2.11. The van der Waals surface area contributed by atoms with Gasteiger partial charge in [0.1, 0.15) is 10.8 Å². The van der Waals surface area contributed by atoms with Crippen LogP contribution in [0.3, 0.4) is 0 Å². The van der Waals surface area contributed by atoms with Gasteiger partial charge >= 0.3 is 5.97 Å². The third-order valence-electron chi connectivity index (χ3n) is 3.89. The van der Waals surface area contributed by atoms with E-state index in [2.05, 4.69) is 20.3 Å². The number of hydrogen-bond donors (Lipinski definition) is 3. The summed E-state index contributed by atoms with van der Waals surface area (Å²) in [7, 11) is 0. The van der Waals surface area contributed by atoms with Gasteiger partial charge < -0.3 is 20.9 Å². The average molecular weight is 434 g/mol. The first-order valence-electron chi connectivity index (χ1n) is 8.52. The number of carboxylic acid groups (broad SMARTS) is 1. The zero-order chi connectivity index (χ0) is 20.8. The van der Waals surface area contributed by atoms with Gasteiger partial charge in [0.25, 0.3) is 0 Å². The van der Waals surface area contributed by atoms with Crippen molar-refractivity contribution in [3.05, 3.63) is 64.3 Å². The van der Waals surface area contributed by atoms with Crippen molar-refractivity contribution in [3.63, 3.8) is 0 Å². The number of nitrogen functional groups attached to an aromatic ring is 1. The monoisotopic (exact) mass is 433 g/mol. The van der Waals surface area contributed by atoms with Crippen molar-refractivity contribution < 1.29 is 14.6 Å². The van der Waals surface area contributed by atoms with Crippen molar-refractivity contribution in [3.8, 4) is 5.75 Å². The number of carboxylic acids is 1. The van der Waals surface area contributed by atoms with E-state index in [1.807, 2.05) is 12.1 Å². The van der Waals surface area contributed by atoms with E-state index in [0.717, 1.165) is 11.1 Å². The third kappa shape index (κ3) is 5.94. The van der Waals surface area contributed by atoms with Crippen LogP contribution in [0.1, 0.15) is 11.1 Å². The number of hydrogen-bond acceptors (Lipinski definition) is 7. The molecule has 0 spiro atoms. The molecule has 3 rings (SSSR count). The molecule has 29 heavy (non-hydrogen) atoms. The maximum absolute atomic E-state index is 10.9. The largest absolute Gasteiger partial charge is 0.482 e. The molecule has 0 bridgehead atoms. The maximum Gasteiger partial charge on any atom is 0.341 e. The van der Waals surface area contributed by atoms with E-state index in [4.69, 9.17) is 38.8 Å². The van der Waals surface area contributed by atoms with Crippen LogP contribution in [0, 0.1) is 0 Å². The molecule has 8 nitrogen and oxygen atoms in total. The van der Waals surface area contributed by atoms with Crippen LogP contribution in [0.15, 0.2) is 42.9 Å². The number of benzene rings is 1. The van der Waals surface area contributed by atoms with E-state index >= 15 is 0 Å². The third-order valence-corrected chi connectivity index (χ3v) is 4.35. The second-order valence-electron chi connectivity index (χ2n) is 6.09. The van der Waals surface area contributed by atoms with Crippen molar-refractivity contribution in [2.45, 2.75) is 12.8 Å². The molecule has 150 valence electrons. The number of carbonyl (C=O) groups is 1. The Morgan fingerprint density at radius 2 is 2.00 bits per heavy atom. The van der Waals surface area contributed by atoms with E-state index in [1.54, 1.807) is 24.5 Å². The Labute approximate surface area is 176 Å². The molecule has 0 radical (unpaired) electrons. The topological polar surface area (TPSA) is 123 Å². The summed E-state index contributed by atoms with van der Waals surface area (Å²) >= 11 is 11.9. The van der Waals surface area contributed by atoms with Crippen LogP contribution in [0.25, 0.3) is 0 Å². The van der Waals surface area contributed by atoms with E-state index < -0.39 is 12.6 Å². The van der Waals surface area contributed by atoms with Crippen LogP contribution in [-0.4, -0.2) is 32.6 Å². The number of anilines is 3. The fraction of sp³-hybridized carbons (Fsp3) is 0.158. The number of pyridine rings is 1. The highest BCUT2D eigenvalue weighted by atomic mass is 35.5. The Bertz CT molecular complexity index is 1030. The van der Waals surface area contributed by atoms with Gasteiger partial charge in [0.15, 0.2) is 12.4 Å². The molecule has 1 aromatic carbocycles. The van der Waals surface area contributed by atoms with Crippen molar-refractivity contribution >= 4 is 46.4 Å². The highest BCUT2D eigenvalue weighted by molar-refractivity contribution is 6.33. The number of aliphatic carboxylic acids is 1.